The molecule has 0 aliphatic carbocycles. The highest BCUT2D eigenvalue weighted by Gasteiger charge is 2.15. The van der Waals surface area contributed by atoms with Crippen LogP contribution in [-0.4, -0.2) is 6.61 Å². The zero-order valence-electron chi connectivity index (χ0n) is 7.50. The van der Waals surface area contributed by atoms with E-state index in [1.807, 2.05) is 12.1 Å². The predicted octanol–water partition coefficient (Wildman–Crippen LogP) is 3.07. The van der Waals surface area contributed by atoms with Crippen molar-refractivity contribution in [3.8, 4) is 0 Å². The zero-order valence-corrected chi connectivity index (χ0v) is 7.50. The predicted molar refractivity (Wildman–Crippen MR) is 48.9 cm³/mol. The molecular weight excluding hydrogens is 167 g/mol. The second-order valence-electron chi connectivity index (χ2n) is 3.41. The number of ether oxygens (including phenoxy) is 1. The Balaban J connectivity index is 2.10. The van der Waals surface area contributed by atoms with Gasteiger partial charge in [0.2, 0.25) is 0 Å². The lowest BCUT2D eigenvalue weighted by molar-refractivity contribution is 0.0149. The average Bonchev–Trinajstić information content (AvgIpc) is 2.20. The number of rotatable bonds is 1. The normalized spacial score (nSPS) is 23.0. The molecule has 1 nitrogen and oxygen atoms in total. The molecule has 1 unspecified atom stereocenters. The second kappa shape index (κ2) is 3.88. The van der Waals surface area contributed by atoms with Gasteiger partial charge in [0.1, 0.15) is 5.82 Å². The van der Waals surface area contributed by atoms with Crippen LogP contribution in [0.2, 0.25) is 0 Å². The Morgan fingerprint density at radius 2 is 1.92 bits per heavy atom. The van der Waals surface area contributed by atoms with Gasteiger partial charge in [-0.25, -0.2) is 4.39 Å². The third-order valence-electron chi connectivity index (χ3n) is 2.42. The summed E-state index contributed by atoms with van der Waals surface area (Å²) in [7, 11) is 0. The minimum absolute atomic E-state index is 0.181. The summed E-state index contributed by atoms with van der Waals surface area (Å²) in [5.74, 6) is -0.181. The molecule has 0 amide bonds. The summed E-state index contributed by atoms with van der Waals surface area (Å²) in [5.41, 5.74) is 1.10. The van der Waals surface area contributed by atoms with Crippen molar-refractivity contribution in [2.45, 2.75) is 25.4 Å². The Hall–Kier alpha value is -0.890. The third kappa shape index (κ3) is 2.07. The van der Waals surface area contributed by atoms with E-state index in [0.29, 0.717) is 0 Å². The number of hydrogen-bond donors (Lipinski definition) is 0. The van der Waals surface area contributed by atoms with Crippen molar-refractivity contribution >= 4 is 0 Å². The maximum absolute atomic E-state index is 12.6. The van der Waals surface area contributed by atoms with E-state index >= 15 is 0 Å². The van der Waals surface area contributed by atoms with Gasteiger partial charge in [0, 0.05) is 6.61 Å². The molecule has 1 saturated heterocycles. The van der Waals surface area contributed by atoms with Gasteiger partial charge in [-0.05, 0) is 37.0 Å². The van der Waals surface area contributed by atoms with Gasteiger partial charge in [-0.3, -0.25) is 0 Å². The summed E-state index contributed by atoms with van der Waals surface area (Å²) < 4.78 is 18.2. The van der Waals surface area contributed by atoms with Crippen molar-refractivity contribution in [1.82, 2.24) is 0 Å². The van der Waals surface area contributed by atoms with Crippen molar-refractivity contribution in [3.63, 3.8) is 0 Å². The van der Waals surface area contributed by atoms with Crippen LogP contribution < -0.4 is 0 Å². The van der Waals surface area contributed by atoms with Crippen LogP contribution in [0.5, 0.6) is 0 Å². The van der Waals surface area contributed by atoms with Crippen LogP contribution in [0.1, 0.15) is 30.9 Å². The van der Waals surface area contributed by atoms with Crippen molar-refractivity contribution in [1.29, 1.82) is 0 Å². The lowest BCUT2D eigenvalue weighted by Crippen LogP contribution is -2.11. The summed E-state index contributed by atoms with van der Waals surface area (Å²) in [4.78, 5) is 0. The fourth-order valence-corrected chi connectivity index (χ4v) is 1.68. The van der Waals surface area contributed by atoms with Crippen molar-refractivity contribution in [2.24, 2.45) is 0 Å². The molecule has 0 N–H and O–H groups in total. The smallest absolute Gasteiger partial charge is 0.123 e. The summed E-state index contributed by atoms with van der Waals surface area (Å²) in [6, 6.07) is 6.61. The molecule has 1 heterocycles. The molecule has 1 aromatic carbocycles. The van der Waals surface area contributed by atoms with E-state index in [-0.39, 0.29) is 11.9 Å². The minimum atomic E-state index is -0.181. The Morgan fingerprint density at radius 1 is 1.15 bits per heavy atom. The average molecular weight is 180 g/mol. The summed E-state index contributed by atoms with van der Waals surface area (Å²) in [6.07, 6.45) is 3.61. The fourth-order valence-electron chi connectivity index (χ4n) is 1.68. The molecule has 0 radical (unpaired) electrons. The maximum Gasteiger partial charge on any atom is 0.123 e. The Labute approximate surface area is 77.5 Å². The van der Waals surface area contributed by atoms with E-state index in [9.17, 15) is 4.39 Å². The molecule has 1 aliphatic heterocycles. The van der Waals surface area contributed by atoms with Crippen molar-refractivity contribution < 1.29 is 9.13 Å². The van der Waals surface area contributed by atoms with E-state index in [1.165, 1.54) is 18.6 Å². The van der Waals surface area contributed by atoms with Gasteiger partial charge in [0.05, 0.1) is 6.10 Å². The number of benzene rings is 1. The first-order valence-electron chi connectivity index (χ1n) is 4.73. The molecule has 1 aliphatic rings. The summed E-state index contributed by atoms with van der Waals surface area (Å²) in [5, 5.41) is 0. The van der Waals surface area contributed by atoms with E-state index in [2.05, 4.69) is 0 Å². The lowest BCUT2D eigenvalue weighted by Gasteiger charge is -2.22. The van der Waals surface area contributed by atoms with Crippen molar-refractivity contribution in [2.75, 3.05) is 6.61 Å². The highest BCUT2D eigenvalue weighted by atomic mass is 19.1. The first kappa shape index (κ1) is 8.70. The van der Waals surface area contributed by atoms with Crippen LogP contribution in [0.4, 0.5) is 4.39 Å². The highest BCUT2D eigenvalue weighted by molar-refractivity contribution is 5.18. The van der Waals surface area contributed by atoms with Crippen LogP contribution in [0.3, 0.4) is 0 Å². The van der Waals surface area contributed by atoms with Crippen LogP contribution >= 0.6 is 0 Å². The standard InChI is InChI=1S/C11H13FO/c12-10-6-4-9(5-7-10)11-3-1-2-8-13-11/h4-7,11H,1-3,8H2. The Bertz CT molecular complexity index is 262. The molecule has 1 atom stereocenters. The van der Waals surface area contributed by atoms with Gasteiger partial charge < -0.3 is 4.74 Å². The summed E-state index contributed by atoms with van der Waals surface area (Å²) >= 11 is 0. The topological polar surface area (TPSA) is 9.23 Å². The van der Waals surface area contributed by atoms with E-state index in [4.69, 9.17) is 4.74 Å². The van der Waals surface area contributed by atoms with E-state index in [0.717, 1.165) is 25.0 Å². The molecular formula is C11H13FO. The molecule has 0 aromatic heterocycles. The minimum Gasteiger partial charge on any atom is -0.374 e. The first-order valence-corrected chi connectivity index (χ1v) is 4.73. The van der Waals surface area contributed by atoms with E-state index < -0.39 is 0 Å². The van der Waals surface area contributed by atoms with Gasteiger partial charge in [0.25, 0.3) is 0 Å². The van der Waals surface area contributed by atoms with E-state index in [1.54, 1.807) is 0 Å². The summed E-state index contributed by atoms with van der Waals surface area (Å²) in [6.45, 7) is 0.835. The Morgan fingerprint density at radius 3 is 2.54 bits per heavy atom. The monoisotopic (exact) mass is 180 g/mol. The van der Waals surface area contributed by atoms with Gasteiger partial charge in [-0.2, -0.15) is 0 Å². The Kier molecular flexibility index (Phi) is 2.60. The lowest BCUT2D eigenvalue weighted by atomic mass is 10.0. The first-order chi connectivity index (χ1) is 6.36. The van der Waals surface area contributed by atoms with Gasteiger partial charge >= 0.3 is 0 Å². The number of hydrogen-bond acceptors (Lipinski definition) is 1. The fraction of sp³-hybridized carbons (Fsp3) is 0.455. The molecule has 0 saturated carbocycles. The van der Waals surface area contributed by atoms with Crippen LogP contribution in [0, 0.1) is 5.82 Å². The molecule has 2 rings (SSSR count). The molecule has 70 valence electrons. The van der Waals surface area contributed by atoms with Crippen LogP contribution in [-0.2, 0) is 4.74 Å². The largest absolute Gasteiger partial charge is 0.374 e. The maximum atomic E-state index is 12.6. The van der Waals surface area contributed by atoms with Crippen LogP contribution in [0.15, 0.2) is 24.3 Å². The SMILES string of the molecule is Fc1ccc(C2CCCCO2)cc1. The molecule has 0 spiro atoms. The molecule has 13 heavy (non-hydrogen) atoms. The third-order valence-corrected chi connectivity index (χ3v) is 2.42. The molecule has 1 aromatic rings. The number of halogens is 1. The quantitative estimate of drug-likeness (QED) is 0.645. The van der Waals surface area contributed by atoms with Crippen LogP contribution in [0.25, 0.3) is 0 Å². The second-order valence-corrected chi connectivity index (χ2v) is 3.41. The van der Waals surface area contributed by atoms with Gasteiger partial charge in [0.15, 0.2) is 0 Å². The van der Waals surface area contributed by atoms with Gasteiger partial charge in [-0.15, -0.1) is 0 Å². The highest BCUT2D eigenvalue weighted by Crippen LogP contribution is 2.27. The molecule has 0 bridgehead atoms. The zero-order chi connectivity index (χ0) is 9.10. The molecule has 2 heteroatoms. The van der Waals surface area contributed by atoms with Crippen molar-refractivity contribution in [3.05, 3.63) is 35.6 Å². The molecule has 1 fully saturated rings. The van der Waals surface area contributed by atoms with Gasteiger partial charge in [-0.1, -0.05) is 12.1 Å².